The number of rotatable bonds is 2. The van der Waals surface area contributed by atoms with Gasteiger partial charge in [0, 0.05) is 12.2 Å². The van der Waals surface area contributed by atoms with Crippen LogP contribution in [0.1, 0.15) is 40.2 Å². The van der Waals surface area contributed by atoms with Gasteiger partial charge >= 0.3 is 6.18 Å². The van der Waals surface area contributed by atoms with E-state index in [9.17, 15) is 18.3 Å². The number of alkyl halides is 3. The molecule has 1 aromatic rings. The summed E-state index contributed by atoms with van der Waals surface area (Å²) in [6.45, 7) is 9.97. The van der Waals surface area contributed by atoms with Crippen molar-refractivity contribution in [3.05, 3.63) is 29.8 Å². The standard InChI is InChI=1S/C17H23F3N2O/c1-15(2,3)13-10-22(14(21-13)16(4,5)23)12-8-6-11(7-9-12)17(18,19)20/h6-9,13,23H,10H2,1-5H3. The van der Waals surface area contributed by atoms with Crippen LogP contribution in [0.15, 0.2) is 29.3 Å². The number of aliphatic hydroxyl groups is 1. The zero-order chi connectivity index (χ0) is 17.6. The zero-order valence-corrected chi connectivity index (χ0v) is 14.1. The number of aliphatic imine (C=N–C) groups is 1. The molecule has 1 atom stereocenters. The van der Waals surface area contributed by atoms with E-state index in [4.69, 9.17) is 0 Å². The van der Waals surface area contributed by atoms with Gasteiger partial charge in [0.2, 0.25) is 0 Å². The van der Waals surface area contributed by atoms with Crippen LogP contribution in [0.5, 0.6) is 0 Å². The molecule has 1 aromatic carbocycles. The molecule has 0 saturated carbocycles. The molecule has 0 radical (unpaired) electrons. The van der Waals surface area contributed by atoms with Crippen molar-refractivity contribution in [3.8, 4) is 0 Å². The van der Waals surface area contributed by atoms with Gasteiger partial charge in [0.1, 0.15) is 11.4 Å². The quantitative estimate of drug-likeness (QED) is 0.887. The van der Waals surface area contributed by atoms with Crippen molar-refractivity contribution < 1.29 is 18.3 Å². The van der Waals surface area contributed by atoms with Crippen molar-refractivity contribution in [2.45, 2.75) is 52.4 Å². The van der Waals surface area contributed by atoms with Crippen LogP contribution >= 0.6 is 0 Å². The highest BCUT2D eigenvalue weighted by Crippen LogP contribution is 2.35. The number of anilines is 1. The molecule has 128 valence electrons. The molecular formula is C17H23F3N2O. The largest absolute Gasteiger partial charge is 0.416 e. The molecule has 1 N–H and O–H groups in total. The van der Waals surface area contributed by atoms with Crippen LogP contribution in [-0.4, -0.2) is 29.1 Å². The molecule has 1 unspecified atom stereocenters. The summed E-state index contributed by atoms with van der Waals surface area (Å²) in [5.74, 6) is 0.484. The fraction of sp³-hybridized carbons (Fsp3) is 0.588. The van der Waals surface area contributed by atoms with E-state index in [1.54, 1.807) is 18.7 Å². The molecule has 1 aliphatic rings. The van der Waals surface area contributed by atoms with Crippen LogP contribution in [0.25, 0.3) is 0 Å². The number of amidine groups is 1. The van der Waals surface area contributed by atoms with Crippen molar-refractivity contribution in [3.63, 3.8) is 0 Å². The Morgan fingerprint density at radius 3 is 1.96 bits per heavy atom. The Morgan fingerprint density at radius 2 is 1.57 bits per heavy atom. The second kappa shape index (κ2) is 5.51. The van der Waals surface area contributed by atoms with E-state index in [2.05, 4.69) is 25.8 Å². The van der Waals surface area contributed by atoms with Gasteiger partial charge in [-0.15, -0.1) is 0 Å². The average molecular weight is 328 g/mol. The third-order valence-electron chi connectivity index (χ3n) is 3.94. The first kappa shape index (κ1) is 17.8. The molecule has 1 heterocycles. The van der Waals surface area contributed by atoms with Crippen LogP contribution in [0, 0.1) is 5.41 Å². The molecule has 1 aliphatic heterocycles. The van der Waals surface area contributed by atoms with Gasteiger partial charge in [-0.3, -0.25) is 4.99 Å². The number of hydrogen-bond acceptors (Lipinski definition) is 3. The lowest BCUT2D eigenvalue weighted by Crippen LogP contribution is -2.43. The summed E-state index contributed by atoms with van der Waals surface area (Å²) in [4.78, 5) is 6.43. The molecule has 0 aliphatic carbocycles. The van der Waals surface area contributed by atoms with Crippen LogP contribution in [0.2, 0.25) is 0 Å². The van der Waals surface area contributed by atoms with Crippen LogP contribution in [0.4, 0.5) is 18.9 Å². The summed E-state index contributed by atoms with van der Waals surface area (Å²) in [6.07, 6.45) is -4.36. The minimum atomic E-state index is -4.36. The smallest absolute Gasteiger partial charge is 0.383 e. The van der Waals surface area contributed by atoms with Gasteiger partial charge < -0.3 is 10.0 Å². The number of halogens is 3. The lowest BCUT2D eigenvalue weighted by Gasteiger charge is -2.29. The summed E-state index contributed by atoms with van der Waals surface area (Å²) < 4.78 is 38.1. The Bertz CT molecular complexity index is 592. The van der Waals surface area contributed by atoms with Gasteiger partial charge in [0.15, 0.2) is 0 Å². The van der Waals surface area contributed by atoms with E-state index in [1.165, 1.54) is 12.1 Å². The Labute approximate surface area is 134 Å². The predicted octanol–water partition coefficient (Wildman–Crippen LogP) is 4.11. The van der Waals surface area contributed by atoms with E-state index in [1.807, 2.05) is 0 Å². The second-order valence-electron chi connectivity index (χ2n) is 7.55. The fourth-order valence-electron chi connectivity index (χ4n) is 2.53. The van der Waals surface area contributed by atoms with Gasteiger partial charge in [0.05, 0.1) is 11.6 Å². The maximum absolute atomic E-state index is 12.7. The highest BCUT2D eigenvalue weighted by Gasteiger charge is 2.39. The predicted molar refractivity (Wildman–Crippen MR) is 85.8 cm³/mol. The van der Waals surface area contributed by atoms with Crippen molar-refractivity contribution >= 4 is 11.5 Å². The van der Waals surface area contributed by atoms with Crippen molar-refractivity contribution in [2.24, 2.45) is 10.4 Å². The van der Waals surface area contributed by atoms with Gasteiger partial charge in [-0.05, 0) is 43.5 Å². The van der Waals surface area contributed by atoms with Gasteiger partial charge in [-0.2, -0.15) is 13.2 Å². The van der Waals surface area contributed by atoms with Gasteiger partial charge in [-0.25, -0.2) is 0 Å². The highest BCUT2D eigenvalue weighted by molar-refractivity contribution is 6.04. The van der Waals surface area contributed by atoms with Crippen molar-refractivity contribution in [1.29, 1.82) is 0 Å². The fourth-order valence-corrected chi connectivity index (χ4v) is 2.53. The first-order chi connectivity index (χ1) is 10.3. The normalized spacial score (nSPS) is 20.0. The number of nitrogens with zero attached hydrogens (tertiary/aromatic N) is 2. The SMILES string of the molecule is CC(C)(O)C1=NC(C(C)(C)C)CN1c1ccc(C(F)(F)F)cc1. The molecule has 0 bridgehead atoms. The summed E-state index contributed by atoms with van der Waals surface area (Å²) in [5.41, 5.74) is -1.35. The second-order valence-corrected chi connectivity index (χ2v) is 7.55. The lowest BCUT2D eigenvalue weighted by atomic mass is 9.87. The summed E-state index contributed by atoms with van der Waals surface area (Å²) in [5, 5.41) is 10.4. The van der Waals surface area contributed by atoms with Crippen molar-refractivity contribution in [1.82, 2.24) is 0 Å². The lowest BCUT2D eigenvalue weighted by molar-refractivity contribution is -0.137. The molecule has 0 fully saturated rings. The molecule has 0 spiro atoms. The maximum atomic E-state index is 12.7. The maximum Gasteiger partial charge on any atom is 0.416 e. The summed E-state index contributed by atoms with van der Waals surface area (Å²) >= 11 is 0. The number of benzene rings is 1. The summed E-state index contributed by atoms with van der Waals surface area (Å²) in [6, 6.07) is 4.93. The summed E-state index contributed by atoms with van der Waals surface area (Å²) in [7, 11) is 0. The van der Waals surface area contributed by atoms with E-state index >= 15 is 0 Å². The van der Waals surface area contributed by atoms with Crippen LogP contribution < -0.4 is 4.90 Å². The minimum Gasteiger partial charge on any atom is -0.383 e. The zero-order valence-electron chi connectivity index (χ0n) is 14.1. The average Bonchev–Trinajstić information content (AvgIpc) is 2.82. The Balaban J connectivity index is 2.36. The minimum absolute atomic E-state index is 0.0359. The Morgan fingerprint density at radius 1 is 1.04 bits per heavy atom. The van der Waals surface area contributed by atoms with Crippen molar-refractivity contribution in [2.75, 3.05) is 11.4 Å². The van der Waals surface area contributed by atoms with Crippen LogP contribution in [0.3, 0.4) is 0 Å². The van der Waals surface area contributed by atoms with E-state index in [0.717, 1.165) is 12.1 Å². The van der Waals surface area contributed by atoms with E-state index in [0.29, 0.717) is 18.1 Å². The molecule has 3 nitrogen and oxygen atoms in total. The van der Waals surface area contributed by atoms with Gasteiger partial charge in [-0.1, -0.05) is 20.8 Å². The van der Waals surface area contributed by atoms with E-state index < -0.39 is 17.3 Å². The first-order valence-corrected chi connectivity index (χ1v) is 7.55. The molecule has 23 heavy (non-hydrogen) atoms. The third-order valence-corrected chi connectivity index (χ3v) is 3.94. The molecule has 6 heteroatoms. The monoisotopic (exact) mass is 328 g/mol. The number of hydrogen-bond donors (Lipinski definition) is 1. The Hall–Kier alpha value is -1.56. The third kappa shape index (κ3) is 3.86. The molecule has 2 rings (SSSR count). The molecule has 0 saturated heterocycles. The Kier molecular flexibility index (Phi) is 4.26. The molecule has 0 aromatic heterocycles. The molecule has 0 amide bonds. The van der Waals surface area contributed by atoms with Gasteiger partial charge in [0.25, 0.3) is 0 Å². The van der Waals surface area contributed by atoms with Crippen LogP contribution in [-0.2, 0) is 6.18 Å². The highest BCUT2D eigenvalue weighted by atomic mass is 19.4. The first-order valence-electron chi connectivity index (χ1n) is 7.55. The van der Waals surface area contributed by atoms with E-state index in [-0.39, 0.29) is 11.5 Å². The topological polar surface area (TPSA) is 35.8 Å². The molecular weight excluding hydrogens is 305 g/mol.